The van der Waals surface area contributed by atoms with Crippen molar-refractivity contribution in [1.29, 1.82) is 0 Å². The van der Waals surface area contributed by atoms with E-state index in [1.165, 1.54) is 0 Å². The molecule has 0 amide bonds. The van der Waals surface area contributed by atoms with Gasteiger partial charge in [0.25, 0.3) is 0 Å². The lowest BCUT2D eigenvalue weighted by atomic mass is 10.0. The molecule has 17 heavy (non-hydrogen) atoms. The van der Waals surface area contributed by atoms with Gasteiger partial charge in [-0.3, -0.25) is 0 Å². The molecule has 0 bridgehead atoms. The van der Waals surface area contributed by atoms with Crippen molar-refractivity contribution in [2.24, 2.45) is 11.8 Å². The maximum atomic E-state index is 12.1. The number of hydrogen-bond acceptors (Lipinski definition) is 3. The number of rotatable bonds is 4. The first-order valence-corrected chi connectivity index (χ1v) is 8.43. The Kier molecular flexibility index (Phi) is 4.44. The predicted octanol–water partition coefficient (Wildman–Crippen LogP) is 1.09. The monoisotopic (exact) mass is 260 g/mol. The van der Waals surface area contributed by atoms with Gasteiger partial charge in [-0.25, -0.2) is 13.1 Å². The van der Waals surface area contributed by atoms with Gasteiger partial charge in [0.15, 0.2) is 0 Å². The van der Waals surface area contributed by atoms with Crippen molar-refractivity contribution in [1.82, 2.24) is 10.0 Å². The van der Waals surface area contributed by atoms with Crippen LogP contribution in [0.3, 0.4) is 0 Å². The molecule has 0 aromatic heterocycles. The van der Waals surface area contributed by atoms with Gasteiger partial charge in [-0.15, -0.1) is 0 Å². The molecule has 0 aromatic carbocycles. The Morgan fingerprint density at radius 2 is 1.88 bits per heavy atom. The van der Waals surface area contributed by atoms with E-state index in [0.717, 1.165) is 45.2 Å². The van der Waals surface area contributed by atoms with Gasteiger partial charge in [0.1, 0.15) is 0 Å². The third-order valence-electron chi connectivity index (χ3n) is 4.11. The van der Waals surface area contributed by atoms with Crippen molar-refractivity contribution in [2.75, 3.05) is 18.8 Å². The second-order valence-corrected chi connectivity index (χ2v) is 7.41. The lowest BCUT2D eigenvalue weighted by molar-refractivity contribution is 0.397. The van der Waals surface area contributed by atoms with Crippen LogP contribution in [0.25, 0.3) is 0 Å². The first-order chi connectivity index (χ1) is 8.07. The Hall–Kier alpha value is -0.130. The number of piperidine rings is 1. The van der Waals surface area contributed by atoms with E-state index in [9.17, 15) is 8.42 Å². The second-order valence-electron chi connectivity index (χ2n) is 5.61. The fourth-order valence-corrected chi connectivity index (χ4v) is 4.82. The summed E-state index contributed by atoms with van der Waals surface area (Å²) in [5, 5.41) is 3.27. The molecule has 2 unspecified atom stereocenters. The summed E-state index contributed by atoms with van der Waals surface area (Å²) >= 11 is 0. The molecule has 0 aromatic rings. The molecule has 0 radical (unpaired) electrons. The Labute approximate surface area is 105 Å². The van der Waals surface area contributed by atoms with E-state index in [-0.39, 0.29) is 6.04 Å². The number of hydrogen-bond donors (Lipinski definition) is 2. The van der Waals surface area contributed by atoms with Crippen molar-refractivity contribution in [3.8, 4) is 0 Å². The minimum absolute atomic E-state index is 0.182. The van der Waals surface area contributed by atoms with Crippen LogP contribution in [0.1, 0.15) is 39.0 Å². The summed E-state index contributed by atoms with van der Waals surface area (Å²) in [7, 11) is -3.08. The minimum Gasteiger partial charge on any atom is -0.317 e. The van der Waals surface area contributed by atoms with E-state index in [1.807, 2.05) is 0 Å². The van der Waals surface area contributed by atoms with Gasteiger partial charge < -0.3 is 5.32 Å². The van der Waals surface area contributed by atoms with Crippen LogP contribution in [-0.4, -0.2) is 33.3 Å². The molecular weight excluding hydrogens is 236 g/mol. The average Bonchev–Trinajstić information content (AvgIpc) is 2.64. The molecule has 2 rings (SSSR count). The molecule has 1 aliphatic heterocycles. The normalized spacial score (nSPS) is 31.8. The maximum Gasteiger partial charge on any atom is 0.212 e. The van der Waals surface area contributed by atoms with Crippen LogP contribution in [0.4, 0.5) is 0 Å². The third-order valence-corrected chi connectivity index (χ3v) is 5.68. The molecule has 2 fully saturated rings. The van der Waals surface area contributed by atoms with Crippen LogP contribution in [0, 0.1) is 11.8 Å². The summed E-state index contributed by atoms with van der Waals surface area (Å²) < 4.78 is 27.0. The van der Waals surface area contributed by atoms with E-state index in [2.05, 4.69) is 17.0 Å². The van der Waals surface area contributed by atoms with Crippen LogP contribution < -0.4 is 10.0 Å². The zero-order chi connectivity index (χ0) is 12.3. The van der Waals surface area contributed by atoms with Crippen LogP contribution >= 0.6 is 0 Å². The lowest BCUT2D eigenvalue weighted by Crippen LogP contribution is -2.41. The molecule has 5 heteroatoms. The van der Waals surface area contributed by atoms with Gasteiger partial charge in [0, 0.05) is 6.04 Å². The molecule has 2 atom stereocenters. The van der Waals surface area contributed by atoms with Crippen molar-refractivity contribution in [2.45, 2.75) is 45.1 Å². The zero-order valence-electron chi connectivity index (χ0n) is 10.6. The van der Waals surface area contributed by atoms with Crippen molar-refractivity contribution < 1.29 is 8.42 Å². The minimum atomic E-state index is -3.08. The summed E-state index contributed by atoms with van der Waals surface area (Å²) in [4.78, 5) is 0. The SMILES string of the molecule is CC1CCCC1NS(=O)(=O)CC1CCNCC1. The van der Waals surface area contributed by atoms with Gasteiger partial charge in [-0.2, -0.15) is 0 Å². The smallest absolute Gasteiger partial charge is 0.212 e. The van der Waals surface area contributed by atoms with Crippen LogP contribution in [0.5, 0.6) is 0 Å². The van der Waals surface area contributed by atoms with Gasteiger partial charge in [0.05, 0.1) is 5.75 Å². The Balaban J connectivity index is 1.85. The number of sulfonamides is 1. The Morgan fingerprint density at radius 1 is 1.18 bits per heavy atom. The molecule has 0 spiro atoms. The first kappa shape index (κ1) is 13.3. The van der Waals surface area contributed by atoms with Crippen molar-refractivity contribution in [3.63, 3.8) is 0 Å². The molecule has 4 nitrogen and oxygen atoms in total. The predicted molar refractivity (Wildman–Crippen MR) is 69.3 cm³/mol. The molecule has 1 heterocycles. The Bertz CT molecular complexity index is 336. The van der Waals surface area contributed by atoms with E-state index in [1.54, 1.807) is 0 Å². The van der Waals surface area contributed by atoms with Crippen molar-refractivity contribution in [3.05, 3.63) is 0 Å². The van der Waals surface area contributed by atoms with E-state index in [0.29, 0.717) is 17.6 Å². The highest BCUT2D eigenvalue weighted by Gasteiger charge is 2.29. The molecule has 1 aliphatic carbocycles. The molecule has 2 N–H and O–H groups in total. The van der Waals surface area contributed by atoms with E-state index < -0.39 is 10.0 Å². The van der Waals surface area contributed by atoms with Crippen molar-refractivity contribution >= 4 is 10.0 Å². The highest BCUT2D eigenvalue weighted by Crippen LogP contribution is 2.26. The quantitative estimate of drug-likeness (QED) is 0.795. The summed E-state index contributed by atoms with van der Waals surface area (Å²) in [6, 6.07) is 0.182. The lowest BCUT2D eigenvalue weighted by Gasteiger charge is -2.24. The maximum absolute atomic E-state index is 12.1. The number of nitrogens with one attached hydrogen (secondary N) is 2. The zero-order valence-corrected chi connectivity index (χ0v) is 11.4. The van der Waals surface area contributed by atoms with Gasteiger partial charge in [-0.05, 0) is 50.6 Å². The summed E-state index contributed by atoms with van der Waals surface area (Å²) in [5.41, 5.74) is 0. The topological polar surface area (TPSA) is 58.2 Å². The summed E-state index contributed by atoms with van der Waals surface area (Å²) in [5.74, 6) is 1.15. The molecule has 2 aliphatic rings. The average molecular weight is 260 g/mol. The second kappa shape index (κ2) is 5.67. The third kappa shape index (κ3) is 3.93. The van der Waals surface area contributed by atoms with E-state index in [4.69, 9.17) is 0 Å². The summed E-state index contributed by atoms with van der Waals surface area (Å²) in [6.07, 6.45) is 5.29. The van der Waals surface area contributed by atoms with Gasteiger partial charge in [0.2, 0.25) is 10.0 Å². The highest BCUT2D eigenvalue weighted by atomic mass is 32.2. The Morgan fingerprint density at radius 3 is 2.47 bits per heavy atom. The molecular formula is C12H24N2O2S. The molecule has 1 saturated heterocycles. The summed E-state index contributed by atoms with van der Waals surface area (Å²) in [6.45, 7) is 4.06. The van der Waals surface area contributed by atoms with Gasteiger partial charge in [-0.1, -0.05) is 13.3 Å². The first-order valence-electron chi connectivity index (χ1n) is 6.77. The molecule has 1 saturated carbocycles. The molecule has 100 valence electrons. The highest BCUT2D eigenvalue weighted by molar-refractivity contribution is 7.89. The fourth-order valence-electron chi connectivity index (χ4n) is 2.96. The van der Waals surface area contributed by atoms with E-state index >= 15 is 0 Å². The largest absolute Gasteiger partial charge is 0.317 e. The van der Waals surface area contributed by atoms with Crippen LogP contribution in [0.2, 0.25) is 0 Å². The van der Waals surface area contributed by atoms with Gasteiger partial charge >= 0.3 is 0 Å². The standard InChI is InChI=1S/C12H24N2O2S/c1-10-3-2-4-12(10)14-17(15,16)9-11-5-7-13-8-6-11/h10-14H,2-9H2,1H3. The fraction of sp³-hybridized carbons (Fsp3) is 1.00. The van der Waals surface area contributed by atoms with Crippen LogP contribution in [0.15, 0.2) is 0 Å². The van der Waals surface area contributed by atoms with Crippen LogP contribution in [-0.2, 0) is 10.0 Å².